The first-order valence-corrected chi connectivity index (χ1v) is 10.8. The number of hydrogen-bond donors (Lipinski definition) is 1. The van der Waals surface area contributed by atoms with Crippen LogP contribution < -0.4 is 9.62 Å². The van der Waals surface area contributed by atoms with Crippen molar-refractivity contribution in [3.05, 3.63) is 48.5 Å². The molecule has 1 fully saturated rings. The van der Waals surface area contributed by atoms with Crippen LogP contribution in [0.25, 0.3) is 0 Å². The lowest BCUT2D eigenvalue weighted by atomic mass is 10.1. The van der Waals surface area contributed by atoms with Gasteiger partial charge in [0.1, 0.15) is 11.0 Å². The van der Waals surface area contributed by atoms with Crippen molar-refractivity contribution in [1.82, 2.24) is 0 Å². The fourth-order valence-corrected chi connectivity index (χ4v) is 4.47. The van der Waals surface area contributed by atoms with Gasteiger partial charge in [0.15, 0.2) is 10.8 Å². The van der Waals surface area contributed by atoms with Gasteiger partial charge in [0.05, 0.1) is 16.3 Å². The summed E-state index contributed by atoms with van der Waals surface area (Å²) >= 11 is 0. The van der Waals surface area contributed by atoms with Crippen LogP contribution >= 0.6 is 0 Å². The van der Waals surface area contributed by atoms with Crippen LogP contribution in [0.1, 0.15) is 19.3 Å². The summed E-state index contributed by atoms with van der Waals surface area (Å²) in [4.78, 5) is 2.18. The molecule has 0 radical (unpaired) electrons. The molecule has 1 N–H and O–H groups in total. The first kappa shape index (κ1) is 19.9. The fourth-order valence-electron chi connectivity index (χ4n) is 2.95. The molecule has 2 unspecified atom stereocenters. The minimum atomic E-state index is -4.81. The Balaban J connectivity index is 1.75. The molecule has 2 atom stereocenters. The van der Waals surface area contributed by atoms with E-state index in [4.69, 9.17) is 0 Å². The predicted octanol–water partition coefficient (Wildman–Crippen LogP) is 4.44. The molecule has 0 aliphatic carbocycles. The van der Waals surface area contributed by atoms with E-state index < -0.39 is 27.3 Å². The molecule has 3 rings (SSSR count). The normalized spacial score (nSPS) is 17.4. The topological polar surface area (TPSA) is 49.4 Å². The van der Waals surface area contributed by atoms with Crippen LogP contribution in [-0.4, -0.2) is 27.0 Å². The van der Waals surface area contributed by atoms with Gasteiger partial charge in [-0.05, 0) is 55.7 Å². The van der Waals surface area contributed by atoms with E-state index in [0.29, 0.717) is 10.6 Å². The molecular weight excluding hydrogens is 397 g/mol. The molecule has 1 aliphatic heterocycles. The summed E-state index contributed by atoms with van der Waals surface area (Å²) in [7, 11) is -4.74. The maximum atomic E-state index is 12.6. The number of para-hydroxylation sites is 2. The molecule has 2 aromatic carbocycles. The van der Waals surface area contributed by atoms with Crippen molar-refractivity contribution in [2.45, 2.75) is 34.6 Å². The minimum absolute atomic E-state index is 0.311. The predicted molar refractivity (Wildman–Crippen MR) is 101 cm³/mol. The third-order valence-corrected chi connectivity index (χ3v) is 6.49. The first-order chi connectivity index (χ1) is 12.9. The molecule has 0 aromatic heterocycles. The highest BCUT2D eigenvalue weighted by Crippen LogP contribution is 2.30. The maximum Gasteiger partial charge on any atom is 0.475 e. The van der Waals surface area contributed by atoms with Crippen LogP contribution in [0.2, 0.25) is 0 Å². The SMILES string of the molecule is O=S(Nc1ccccc1N1CCCCC1)c1ccc(S(=O)C(F)(F)F)cc1. The second kappa shape index (κ2) is 8.43. The third-order valence-electron chi connectivity index (χ3n) is 4.27. The molecule has 0 amide bonds. The van der Waals surface area contributed by atoms with Crippen molar-refractivity contribution < 1.29 is 21.6 Å². The average Bonchev–Trinajstić information content (AvgIpc) is 2.68. The molecule has 9 heteroatoms. The molecule has 1 aliphatic rings. The van der Waals surface area contributed by atoms with Gasteiger partial charge in [0.25, 0.3) is 0 Å². The Kier molecular flexibility index (Phi) is 6.21. The molecule has 4 nitrogen and oxygen atoms in total. The van der Waals surface area contributed by atoms with Crippen LogP contribution in [0.3, 0.4) is 0 Å². The second-order valence-corrected chi connectivity index (χ2v) is 8.81. The maximum absolute atomic E-state index is 12.6. The zero-order chi connectivity index (χ0) is 19.4. The summed E-state index contributed by atoms with van der Waals surface area (Å²) in [6.45, 7) is 1.87. The van der Waals surface area contributed by atoms with Crippen LogP contribution in [0.15, 0.2) is 58.3 Å². The lowest BCUT2D eigenvalue weighted by molar-refractivity contribution is -0.0384. The highest BCUT2D eigenvalue weighted by Gasteiger charge is 2.37. The zero-order valence-corrected chi connectivity index (χ0v) is 16.0. The van der Waals surface area contributed by atoms with Crippen LogP contribution in [0.5, 0.6) is 0 Å². The Bertz CT molecular complexity index is 835. The van der Waals surface area contributed by atoms with Gasteiger partial charge in [-0.1, -0.05) is 12.1 Å². The Morgan fingerprint density at radius 3 is 2.07 bits per heavy atom. The number of nitrogens with one attached hydrogen (secondary N) is 1. The largest absolute Gasteiger partial charge is 0.475 e. The van der Waals surface area contributed by atoms with Gasteiger partial charge in [0, 0.05) is 18.0 Å². The monoisotopic (exact) mass is 416 g/mol. The van der Waals surface area contributed by atoms with E-state index in [1.807, 2.05) is 24.3 Å². The van der Waals surface area contributed by atoms with E-state index in [0.717, 1.165) is 43.8 Å². The average molecular weight is 416 g/mol. The van der Waals surface area contributed by atoms with Crippen LogP contribution in [0.4, 0.5) is 24.5 Å². The Hall–Kier alpha value is -1.87. The van der Waals surface area contributed by atoms with Gasteiger partial charge in [-0.15, -0.1) is 0 Å². The number of hydrogen-bond acceptors (Lipinski definition) is 3. The van der Waals surface area contributed by atoms with Gasteiger partial charge < -0.3 is 4.90 Å². The summed E-state index contributed by atoms with van der Waals surface area (Å²) in [6, 6.07) is 12.3. The van der Waals surface area contributed by atoms with E-state index in [-0.39, 0.29) is 4.90 Å². The number of rotatable bonds is 5. The molecule has 0 saturated carbocycles. The highest BCUT2D eigenvalue weighted by molar-refractivity contribution is 7.86. The van der Waals surface area contributed by atoms with Crippen molar-refractivity contribution in [2.75, 3.05) is 22.7 Å². The number of alkyl halides is 3. The molecule has 27 heavy (non-hydrogen) atoms. The third kappa shape index (κ3) is 4.90. The lowest BCUT2D eigenvalue weighted by Crippen LogP contribution is -2.30. The lowest BCUT2D eigenvalue weighted by Gasteiger charge is -2.30. The number of nitrogens with zero attached hydrogens (tertiary/aromatic N) is 1. The zero-order valence-electron chi connectivity index (χ0n) is 14.4. The Morgan fingerprint density at radius 1 is 0.852 bits per heavy atom. The summed E-state index contributed by atoms with van der Waals surface area (Å²) in [5.74, 6) is 0. The van der Waals surface area contributed by atoms with Crippen molar-refractivity contribution in [3.63, 3.8) is 0 Å². The van der Waals surface area contributed by atoms with E-state index in [1.165, 1.54) is 18.6 Å². The number of halogens is 3. The summed E-state index contributed by atoms with van der Waals surface area (Å²) in [5, 5.41) is 0. The summed E-state index contributed by atoms with van der Waals surface area (Å²) in [5.41, 5.74) is -3.15. The van der Waals surface area contributed by atoms with Gasteiger partial charge in [-0.25, -0.2) is 8.42 Å². The van der Waals surface area contributed by atoms with Gasteiger partial charge in [-0.3, -0.25) is 4.72 Å². The molecule has 0 bridgehead atoms. The standard InChI is InChI=1S/C18H19F3N2O2S2/c19-18(20,21)26(24)14-8-10-15(11-9-14)27(25)22-16-6-2-3-7-17(16)23-12-4-1-5-13-23/h2-3,6-11,22H,1,4-5,12-13H2. The minimum Gasteiger partial charge on any atom is -0.370 e. The van der Waals surface area contributed by atoms with Crippen molar-refractivity contribution in [1.29, 1.82) is 0 Å². The molecule has 2 aromatic rings. The van der Waals surface area contributed by atoms with E-state index >= 15 is 0 Å². The molecular formula is C18H19F3N2O2S2. The smallest absolute Gasteiger partial charge is 0.370 e. The van der Waals surface area contributed by atoms with Crippen molar-refractivity contribution >= 4 is 33.2 Å². The quantitative estimate of drug-likeness (QED) is 0.784. The highest BCUT2D eigenvalue weighted by atomic mass is 32.2. The first-order valence-electron chi connectivity index (χ1n) is 8.47. The molecule has 1 saturated heterocycles. The van der Waals surface area contributed by atoms with E-state index in [1.54, 1.807) is 0 Å². The molecule has 1 heterocycles. The Labute approximate surface area is 160 Å². The van der Waals surface area contributed by atoms with E-state index in [9.17, 15) is 21.6 Å². The second-order valence-electron chi connectivity index (χ2n) is 6.12. The van der Waals surface area contributed by atoms with Gasteiger partial charge >= 0.3 is 5.51 Å². The molecule has 146 valence electrons. The van der Waals surface area contributed by atoms with Crippen LogP contribution in [0, 0.1) is 0 Å². The summed E-state index contributed by atoms with van der Waals surface area (Å²) in [6.07, 6.45) is 3.41. The number of piperidine rings is 1. The van der Waals surface area contributed by atoms with Crippen molar-refractivity contribution in [2.24, 2.45) is 0 Å². The van der Waals surface area contributed by atoms with Crippen molar-refractivity contribution in [3.8, 4) is 0 Å². The van der Waals surface area contributed by atoms with Gasteiger partial charge in [-0.2, -0.15) is 13.2 Å². The molecule has 0 spiro atoms. The van der Waals surface area contributed by atoms with E-state index in [2.05, 4.69) is 9.62 Å². The number of benzene rings is 2. The van der Waals surface area contributed by atoms with Crippen LogP contribution in [-0.2, 0) is 21.8 Å². The Morgan fingerprint density at radius 2 is 1.44 bits per heavy atom. The number of anilines is 2. The fraction of sp³-hybridized carbons (Fsp3) is 0.333. The van der Waals surface area contributed by atoms with Gasteiger partial charge in [0.2, 0.25) is 0 Å². The summed E-state index contributed by atoms with van der Waals surface area (Å²) < 4.78 is 64.5.